The fourth-order valence-electron chi connectivity index (χ4n) is 2.45. The van der Waals surface area contributed by atoms with Gasteiger partial charge in [0.2, 0.25) is 11.7 Å². The lowest BCUT2D eigenvalue weighted by Crippen LogP contribution is -2.46. The van der Waals surface area contributed by atoms with Gasteiger partial charge in [0.25, 0.3) is 5.91 Å². The molecule has 7 nitrogen and oxygen atoms in total. The second-order valence-corrected chi connectivity index (χ2v) is 5.72. The lowest BCUT2D eigenvalue weighted by Gasteiger charge is -2.18. The number of nitrogens with one attached hydrogen (secondary N) is 1. The minimum atomic E-state index is -4.80. The number of nitrogens with two attached hydrogens (primary N) is 1. The Morgan fingerprint density at radius 1 is 1.18 bits per heavy atom. The minimum absolute atomic E-state index is 0.0845. The standard InChI is InChI=1S/C17H13F4N3O4/c18-12-6-5-9(8-14(12)24(27)28)7-13(15(22)25)23-16(26)10-3-1-2-4-11(10)17(19,20)21/h1-6,8,13H,7H2,(H2,22,25)(H,23,26)/t13-/m0/s1. The zero-order valence-corrected chi connectivity index (χ0v) is 14.0. The fourth-order valence-corrected chi connectivity index (χ4v) is 2.45. The van der Waals surface area contributed by atoms with E-state index in [1.54, 1.807) is 0 Å². The molecule has 3 N–H and O–H groups in total. The molecule has 0 fully saturated rings. The predicted octanol–water partition coefficient (Wildman–Crippen LogP) is 2.58. The van der Waals surface area contributed by atoms with Gasteiger partial charge in [-0.15, -0.1) is 0 Å². The van der Waals surface area contributed by atoms with Crippen LogP contribution >= 0.6 is 0 Å². The Morgan fingerprint density at radius 3 is 2.39 bits per heavy atom. The number of nitro benzene ring substituents is 1. The highest BCUT2D eigenvalue weighted by molar-refractivity contribution is 5.98. The number of nitrogens with zero attached hydrogens (tertiary/aromatic N) is 1. The van der Waals surface area contributed by atoms with Crippen LogP contribution in [0.1, 0.15) is 21.5 Å². The van der Waals surface area contributed by atoms with Crippen LogP contribution in [0.15, 0.2) is 42.5 Å². The zero-order chi connectivity index (χ0) is 21.1. The van der Waals surface area contributed by atoms with E-state index >= 15 is 0 Å². The summed E-state index contributed by atoms with van der Waals surface area (Å²) in [4.78, 5) is 33.7. The molecule has 0 heterocycles. The number of alkyl halides is 3. The number of carbonyl (C=O) groups is 2. The summed E-state index contributed by atoms with van der Waals surface area (Å²) < 4.78 is 52.5. The highest BCUT2D eigenvalue weighted by Gasteiger charge is 2.35. The predicted molar refractivity (Wildman–Crippen MR) is 88.7 cm³/mol. The first kappa shape index (κ1) is 20.8. The average Bonchev–Trinajstić information content (AvgIpc) is 2.61. The first-order valence-corrected chi connectivity index (χ1v) is 7.70. The van der Waals surface area contributed by atoms with E-state index in [1.807, 2.05) is 0 Å². The monoisotopic (exact) mass is 399 g/mol. The van der Waals surface area contributed by atoms with Crippen LogP contribution in [-0.4, -0.2) is 22.8 Å². The Bertz CT molecular complexity index is 931. The minimum Gasteiger partial charge on any atom is -0.368 e. The molecule has 0 aliphatic heterocycles. The van der Waals surface area contributed by atoms with Gasteiger partial charge in [0, 0.05) is 12.5 Å². The van der Waals surface area contributed by atoms with Crippen molar-refractivity contribution in [3.63, 3.8) is 0 Å². The molecule has 0 aromatic heterocycles. The molecule has 0 aliphatic rings. The Balaban J connectivity index is 2.28. The van der Waals surface area contributed by atoms with Gasteiger partial charge >= 0.3 is 11.9 Å². The SMILES string of the molecule is NC(=O)[C@H](Cc1ccc(F)c([N+](=O)[O-])c1)NC(=O)c1ccccc1C(F)(F)F. The highest BCUT2D eigenvalue weighted by Crippen LogP contribution is 2.31. The van der Waals surface area contributed by atoms with Crippen LogP contribution in [0, 0.1) is 15.9 Å². The molecular formula is C17H13F4N3O4. The first-order chi connectivity index (χ1) is 13.0. The number of nitro groups is 1. The lowest BCUT2D eigenvalue weighted by atomic mass is 10.0. The number of primary amides is 1. The van der Waals surface area contributed by atoms with E-state index in [0.29, 0.717) is 6.07 Å². The van der Waals surface area contributed by atoms with Gasteiger partial charge in [0.05, 0.1) is 16.1 Å². The first-order valence-electron chi connectivity index (χ1n) is 7.70. The van der Waals surface area contributed by atoms with E-state index in [9.17, 15) is 37.3 Å². The molecule has 11 heteroatoms. The summed E-state index contributed by atoms with van der Waals surface area (Å²) in [5, 5.41) is 12.9. The van der Waals surface area contributed by atoms with Crippen LogP contribution in [-0.2, 0) is 17.4 Å². The second kappa shape index (κ2) is 8.03. The van der Waals surface area contributed by atoms with Crippen molar-refractivity contribution in [3.8, 4) is 0 Å². The van der Waals surface area contributed by atoms with Gasteiger partial charge < -0.3 is 11.1 Å². The van der Waals surface area contributed by atoms with E-state index in [2.05, 4.69) is 5.32 Å². The number of halogens is 4. The number of rotatable bonds is 6. The number of amides is 2. The molecule has 0 bridgehead atoms. The van der Waals surface area contributed by atoms with Crippen molar-refractivity contribution in [1.29, 1.82) is 0 Å². The maximum atomic E-state index is 13.4. The van der Waals surface area contributed by atoms with Crippen LogP contribution in [0.25, 0.3) is 0 Å². The van der Waals surface area contributed by atoms with Crippen molar-refractivity contribution in [1.82, 2.24) is 5.32 Å². The Kier molecular flexibility index (Phi) is 5.96. The Morgan fingerprint density at radius 2 is 1.82 bits per heavy atom. The van der Waals surface area contributed by atoms with E-state index in [4.69, 9.17) is 5.73 Å². The topological polar surface area (TPSA) is 115 Å². The summed E-state index contributed by atoms with van der Waals surface area (Å²) >= 11 is 0. The molecule has 0 unspecified atom stereocenters. The molecule has 28 heavy (non-hydrogen) atoms. The molecule has 0 radical (unpaired) electrons. The fraction of sp³-hybridized carbons (Fsp3) is 0.176. The average molecular weight is 399 g/mol. The summed E-state index contributed by atoms with van der Waals surface area (Å²) in [6.45, 7) is 0. The molecule has 2 aromatic carbocycles. The van der Waals surface area contributed by atoms with Gasteiger partial charge in [-0.2, -0.15) is 17.6 Å². The van der Waals surface area contributed by atoms with Crippen molar-refractivity contribution >= 4 is 17.5 Å². The molecular weight excluding hydrogens is 386 g/mol. The second-order valence-electron chi connectivity index (χ2n) is 5.72. The van der Waals surface area contributed by atoms with Crippen LogP contribution in [0.5, 0.6) is 0 Å². The number of hydrogen-bond donors (Lipinski definition) is 2. The molecule has 2 aromatic rings. The Labute approximate surface area is 155 Å². The number of carbonyl (C=O) groups excluding carboxylic acids is 2. The van der Waals surface area contributed by atoms with Gasteiger partial charge in [-0.05, 0) is 23.8 Å². The smallest absolute Gasteiger partial charge is 0.368 e. The van der Waals surface area contributed by atoms with Gasteiger partial charge in [0.1, 0.15) is 6.04 Å². The molecule has 0 saturated heterocycles. The van der Waals surface area contributed by atoms with E-state index < -0.39 is 51.6 Å². The summed E-state index contributed by atoms with van der Waals surface area (Å²) in [5.74, 6) is -3.38. The van der Waals surface area contributed by atoms with Crippen LogP contribution in [0.3, 0.4) is 0 Å². The van der Waals surface area contributed by atoms with Crippen molar-refractivity contribution in [2.75, 3.05) is 0 Å². The van der Waals surface area contributed by atoms with Crippen LogP contribution in [0.2, 0.25) is 0 Å². The molecule has 0 aliphatic carbocycles. The normalized spacial score (nSPS) is 12.3. The van der Waals surface area contributed by atoms with Crippen molar-refractivity contribution in [2.24, 2.45) is 5.73 Å². The summed E-state index contributed by atoms with van der Waals surface area (Å²) in [6, 6.07) is 5.26. The summed E-state index contributed by atoms with van der Waals surface area (Å²) in [6.07, 6.45) is -5.18. The van der Waals surface area contributed by atoms with E-state index in [0.717, 1.165) is 30.3 Å². The Hall–Kier alpha value is -3.50. The molecule has 1 atom stereocenters. The quantitative estimate of drug-likeness (QED) is 0.441. The van der Waals surface area contributed by atoms with Gasteiger partial charge in [-0.1, -0.05) is 18.2 Å². The molecule has 2 rings (SSSR count). The molecule has 148 valence electrons. The maximum Gasteiger partial charge on any atom is 0.417 e. The van der Waals surface area contributed by atoms with Crippen LogP contribution < -0.4 is 11.1 Å². The van der Waals surface area contributed by atoms with Crippen molar-refractivity contribution < 1.29 is 32.1 Å². The van der Waals surface area contributed by atoms with Gasteiger partial charge in [-0.25, -0.2) is 0 Å². The molecule has 0 spiro atoms. The molecule has 2 amide bonds. The van der Waals surface area contributed by atoms with Crippen LogP contribution in [0.4, 0.5) is 23.2 Å². The van der Waals surface area contributed by atoms with Gasteiger partial charge in [-0.3, -0.25) is 19.7 Å². The number of benzene rings is 2. The third-order valence-electron chi connectivity index (χ3n) is 3.77. The van der Waals surface area contributed by atoms with E-state index in [-0.39, 0.29) is 12.0 Å². The third-order valence-corrected chi connectivity index (χ3v) is 3.77. The van der Waals surface area contributed by atoms with Gasteiger partial charge in [0.15, 0.2) is 0 Å². The largest absolute Gasteiger partial charge is 0.417 e. The third kappa shape index (κ3) is 4.81. The molecule has 0 saturated carbocycles. The number of hydrogen-bond acceptors (Lipinski definition) is 4. The van der Waals surface area contributed by atoms with E-state index in [1.165, 1.54) is 6.07 Å². The maximum absolute atomic E-state index is 13.4. The van der Waals surface area contributed by atoms with Crippen molar-refractivity contribution in [2.45, 2.75) is 18.6 Å². The summed E-state index contributed by atoms with van der Waals surface area (Å²) in [7, 11) is 0. The van der Waals surface area contributed by atoms with Crippen molar-refractivity contribution in [3.05, 3.63) is 75.1 Å². The highest BCUT2D eigenvalue weighted by atomic mass is 19.4. The summed E-state index contributed by atoms with van der Waals surface area (Å²) in [5.41, 5.74) is 2.49. The lowest BCUT2D eigenvalue weighted by molar-refractivity contribution is -0.387. The zero-order valence-electron chi connectivity index (χ0n) is 14.0.